The van der Waals surface area contributed by atoms with Crippen molar-refractivity contribution in [2.75, 3.05) is 5.32 Å². The minimum absolute atomic E-state index is 0.0720. The topological polar surface area (TPSA) is 62.3 Å². The van der Waals surface area contributed by atoms with Gasteiger partial charge in [0.25, 0.3) is 0 Å². The Balaban J connectivity index is 1.51. The Hall–Kier alpha value is -2.47. The van der Waals surface area contributed by atoms with Gasteiger partial charge in [-0.15, -0.1) is 11.3 Å². The first-order valence-corrected chi connectivity index (χ1v) is 10.2. The van der Waals surface area contributed by atoms with Crippen LogP contribution in [0.15, 0.2) is 30.5 Å². The normalized spacial score (nSPS) is 20.7. The van der Waals surface area contributed by atoms with Crippen molar-refractivity contribution >= 4 is 34.4 Å². The number of aryl methyl sites for hydroxylation is 1. The van der Waals surface area contributed by atoms with Gasteiger partial charge in [-0.2, -0.15) is 0 Å². The molecule has 1 N–H and O–H groups in total. The minimum atomic E-state index is -0.293. The molecule has 2 aromatic rings. The van der Waals surface area contributed by atoms with Crippen molar-refractivity contribution < 1.29 is 9.59 Å². The highest BCUT2D eigenvalue weighted by molar-refractivity contribution is 7.15. The molecule has 1 aromatic carbocycles. The summed E-state index contributed by atoms with van der Waals surface area (Å²) in [6, 6.07) is 7.60. The third kappa shape index (κ3) is 3.67. The molecule has 5 nitrogen and oxygen atoms in total. The smallest absolute Gasteiger partial charge is 0.228 e. The lowest BCUT2D eigenvalue weighted by Crippen LogP contribution is -2.33. The highest BCUT2D eigenvalue weighted by Gasteiger charge is 2.29. The van der Waals surface area contributed by atoms with Gasteiger partial charge in [0, 0.05) is 18.0 Å². The fourth-order valence-electron chi connectivity index (χ4n) is 3.85. The van der Waals surface area contributed by atoms with Crippen molar-refractivity contribution in [2.45, 2.75) is 45.6 Å². The van der Waals surface area contributed by atoms with Crippen LogP contribution in [0.3, 0.4) is 0 Å². The largest absolute Gasteiger partial charge is 0.311 e. The van der Waals surface area contributed by atoms with E-state index in [1.165, 1.54) is 11.8 Å². The van der Waals surface area contributed by atoms with Crippen LogP contribution >= 0.6 is 11.3 Å². The zero-order valence-corrected chi connectivity index (χ0v) is 16.4. The first-order chi connectivity index (χ1) is 13.0. The molecule has 6 heteroatoms. The van der Waals surface area contributed by atoms with Gasteiger partial charge in [-0.25, -0.2) is 4.98 Å². The van der Waals surface area contributed by atoms with E-state index in [2.05, 4.69) is 17.2 Å². The molecule has 1 aliphatic heterocycles. The Kier molecular flexibility index (Phi) is 4.83. The molecule has 0 saturated heterocycles. The van der Waals surface area contributed by atoms with E-state index in [1.807, 2.05) is 30.3 Å². The van der Waals surface area contributed by atoms with Gasteiger partial charge in [-0.05, 0) is 42.4 Å². The Morgan fingerprint density at radius 1 is 1.33 bits per heavy atom. The second-order valence-electron chi connectivity index (χ2n) is 7.38. The molecule has 1 aliphatic carbocycles. The summed E-state index contributed by atoms with van der Waals surface area (Å²) in [5.74, 6) is 0.490. The summed E-state index contributed by atoms with van der Waals surface area (Å²) in [6.45, 7) is 3.78. The van der Waals surface area contributed by atoms with Crippen LogP contribution in [0, 0.1) is 5.92 Å². The van der Waals surface area contributed by atoms with Crippen LogP contribution in [0.2, 0.25) is 0 Å². The maximum absolute atomic E-state index is 12.7. The molecule has 0 fully saturated rings. The van der Waals surface area contributed by atoms with Gasteiger partial charge in [0.1, 0.15) is 0 Å². The van der Waals surface area contributed by atoms with E-state index in [-0.39, 0.29) is 24.3 Å². The Morgan fingerprint density at radius 2 is 2.15 bits per heavy atom. The van der Waals surface area contributed by atoms with Crippen LogP contribution in [0.1, 0.15) is 54.4 Å². The Morgan fingerprint density at radius 3 is 2.96 bits per heavy atom. The highest BCUT2D eigenvalue weighted by atomic mass is 32.1. The zero-order chi connectivity index (χ0) is 19.0. The van der Waals surface area contributed by atoms with Crippen molar-refractivity contribution in [3.8, 4) is 0 Å². The molecular weight excluding hydrogens is 358 g/mol. The van der Waals surface area contributed by atoms with Crippen LogP contribution in [0.25, 0.3) is 6.08 Å². The lowest BCUT2D eigenvalue weighted by atomic mass is 9.93. The zero-order valence-electron chi connectivity index (χ0n) is 15.6. The van der Waals surface area contributed by atoms with E-state index in [9.17, 15) is 9.59 Å². The monoisotopic (exact) mass is 381 g/mol. The van der Waals surface area contributed by atoms with Crippen LogP contribution in [-0.2, 0) is 22.4 Å². The number of nitrogens with one attached hydrogen (secondary N) is 1. The summed E-state index contributed by atoms with van der Waals surface area (Å²) in [6.07, 6.45) is 7.08. The minimum Gasteiger partial charge on any atom is -0.311 e. The molecule has 140 valence electrons. The highest BCUT2D eigenvalue weighted by Crippen LogP contribution is 2.35. The second-order valence-corrected chi connectivity index (χ2v) is 8.46. The number of amides is 2. The third-order valence-corrected chi connectivity index (χ3v) is 6.32. The summed E-state index contributed by atoms with van der Waals surface area (Å²) in [5, 5.41) is 3.63. The molecule has 2 amide bonds. The van der Waals surface area contributed by atoms with E-state index in [0.717, 1.165) is 36.1 Å². The van der Waals surface area contributed by atoms with Crippen molar-refractivity contribution in [1.29, 1.82) is 0 Å². The van der Waals surface area contributed by atoms with Gasteiger partial charge in [0.2, 0.25) is 11.8 Å². The molecule has 2 heterocycles. The number of aromatic nitrogens is 1. The van der Waals surface area contributed by atoms with Crippen LogP contribution in [-0.4, -0.2) is 21.7 Å². The van der Waals surface area contributed by atoms with Gasteiger partial charge >= 0.3 is 0 Å². The van der Waals surface area contributed by atoms with Crippen molar-refractivity contribution in [1.82, 2.24) is 9.88 Å². The SMILES string of the molecule is CC(=O)N1C=Cc2ccccc2[C@@H]1CC(=O)Nc1nc2c(s1)C[C@H](C)CC2. The average molecular weight is 382 g/mol. The van der Waals surface area contributed by atoms with Crippen LogP contribution < -0.4 is 5.32 Å². The number of carbonyl (C=O) groups is 2. The Bertz CT molecular complexity index is 918. The van der Waals surface area contributed by atoms with Crippen molar-refractivity contribution in [3.05, 3.63) is 52.2 Å². The van der Waals surface area contributed by atoms with E-state index in [4.69, 9.17) is 0 Å². The van der Waals surface area contributed by atoms with Crippen molar-refractivity contribution in [3.63, 3.8) is 0 Å². The number of fused-ring (bicyclic) bond motifs is 2. The molecule has 0 bridgehead atoms. The fraction of sp³-hybridized carbons (Fsp3) is 0.381. The van der Waals surface area contributed by atoms with Gasteiger partial charge < -0.3 is 10.2 Å². The molecule has 0 radical (unpaired) electrons. The summed E-state index contributed by atoms with van der Waals surface area (Å²) >= 11 is 1.58. The first-order valence-electron chi connectivity index (χ1n) is 9.35. The number of hydrogen-bond acceptors (Lipinski definition) is 4. The van der Waals surface area contributed by atoms with E-state index >= 15 is 0 Å². The summed E-state index contributed by atoms with van der Waals surface area (Å²) in [5.41, 5.74) is 3.17. The number of carbonyl (C=O) groups excluding carboxylic acids is 2. The quantitative estimate of drug-likeness (QED) is 0.868. The van der Waals surface area contributed by atoms with Crippen LogP contribution in [0.4, 0.5) is 5.13 Å². The Labute approximate surface area is 163 Å². The lowest BCUT2D eigenvalue weighted by molar-refractivity contribution is -0.129. The molecule has 2 aliphatic rings. The average Bonchev–Trinajstić information content (AvgIpc) is 3.02. The summed E-state index contributed by atoms with van der Waals surface area (Å²) in [7, 11) is 0. The van der Waals surface area contributed by atoms with Gasteiger partial charge in [-0.1, -0.05) is 31.2 Å². The molecule has 27 heavy (non-hydrogen) atoms. The molecule has 4 rings (SSSR count). The maximum Gasteiger partial charge on any atom is 0.228 e. The number of nitrogens with zero attached hydrogens (tertiary/aromatic N) is 2. The lowest BCUT2D eigenvalue weighted by Gasteiger charge is -2.32. The number of thiazole rings is 1. The van der Waals surface area contributed by atoms with Gasteiger partial charge in [0.15, 0.2) is 5.13 Å². The van der Waals surface area contributed by atoms with Crippen molar-refractivity contribution in [2.24, 2.45) is 5.92 Å². The number of hydrogen-bond donors (Lipinski definition) is 1. The van der Waals surface area contributed by atoms with E-state index < -0.39 is 0 Å². The fourth-order valence-corrected chi connectivity index (χ4v) is 5.04. The van der Waals surface area contributed by atoms with E-state index in [0.29, 0.717) is 11.0 Å². The predicted molar refractivity (Wildman–Crippen MR) is 107 cm³/mol. The summed E-state index contributed by atoms with van der Waals surface area (Å²) < 4.78 is 0. The number of benzene rings is 1. The third-order valence-electron chi connectivity index (χ3n) is 5.28. The molecule has 2 atom stereocenters. The molecule has 0 spiro atoms. The standard InChI is InChI=1S/C21H23N3O2S/c1-13-7-8-17-19(11-13)27-21(22-17)23-20(26)12-18-16-6-4-3-5-15(16)9-10-24(18)14(2)25/h3-6,9-10,13,18H,7-8,11-12H2,1-2H3,(H,22,23,26)/t13-,18+/m1/s1. The van der Waals surface area contributed by atoms with Gasteiger partial charge in [-0.3, -0.25) is 9.59 Å². The van der Waals surface area contributed by atoms with Crippen LogP contribution in [0.5, 0.6) is 0 Å². The maximum atomic E-state index is 12.7. The van der Waals surface area contributed by atoms with E-state index in [1.54, 1.807) is 22.4 Å². The molecule has 0 unspecified atom stereocenters. The predicted octanol–water partition coefficient (Wildman–Crippen LogP) is 4.17. The number of anilines is 1. The molecular formula is C21H23N3O2S. The van der Waals surface area contributed by atoms with Gasteiger partial charge in [0.05, 0.1) is 18.2 Å². The number of rotatable bonds is 3. The molecule has 1 aromatic heterocycles. The molecule has 0 saturated carbocycles. The first kappa shape index (κ1) is 17.9. The second kappa shape index (κ2) is 7.27. The summed E-state index contributed by atoms with van der Waals surface area (Å²) in [4.78, 5) is 32.3.